The number of piperazine rings is 1. The van der Waals surface area contributed by atoms with Crippen LogP contribution in [0.2, 0.25) is 0 Å². The van der Waals surface area contributed by atoms with E-state index in [1.165, 1.54) is 38.9 Å². The number of nitrogens with one attached hydrogen (secondary N) is 1. The minimum atomic E-state index is 0.684. The first-order valence-electron chi connectivity index (χ1n) is 7.74. The van der Waals surface area contributed by atoms with E-state index in [0.717, 1.165) is 12.5 Å². The third-order valence-electron chi connectivity index (χ3n) is 4.59. The van der Waals surface area contributed by atoms with Gasteiger partial charge < -0.3 is 15.1 Å². The maximum Gasteiger partial charge on any atom is 0.0235 e. The molecule has 1 aliphatic rings. The molecule has 2 unspecified atom stereocenters. The molecule has 1 N–H and O–H groups in total. The summed E-state index contributed by atoms with van der Waals surface area (Å²) in [6, 6.07) is 1.40. The van der Waals surface area contributed by atoms with Gasteiger partial charge >= 0.3 is 0 Å². The van der Waals surface area contributed by atoms with E-state index in [1.807, 2.05) is 0 Å². The van der Waals surface area contributed by atoms with Crippen molar-refractivity contribution in [1.82, 2.24) is 15.1 Å². The molecule has 0 aromatic carbocycles. The highest BCUT2D eigenvalue weighted by Gasteiger charge is 2.27. The minimum absolute atomic E-state index is 0.684. The average Bonchev–Trinajstić information content (AvgIpc) is 2.35. The van der Waals surface area contributed by atoms with Crippen molar-refractivity contribution in [3.8, 4) is 0 Å². The van der Waals surface area contributed by atoms with Crippen molar-refractivity contribution in [2.75, 3.05) is 40.3 Å². The summed E-state index contributed by atoms with van der Waals surface area (Å²) in [5, 5.41) is 3.72. The molecule has 1 aliphatic heterocycles. The van der Waals surface area contributed by atoms with E-state index in [9.17, 15) is 0 Å². The Hall–Kier alpha value is -0.120. The van der Waals surface area contributed by atoms with Crippen molar-refractivity contribution < 1.29 is 0 Å². The van der Waals surface area contributed by atoms with Crippen molar-refractivity contribution in [1.29, 1.82) is 0 Å². The fourth-order valence-corrected chi connectivity index (χ4v) is 3.21. The molecule has 0 radical (unpaired) electrons. The van der Waals surface area contributed by atoms with Gasteiger partial charge in [0.15, 0.2) is 0 Å². The number of likely N-dealkylation sites (N-methyl/N-ethyl adjacent to an activating group) is 2. The zero-order valence-corrected chi connectivity index (χ0v) is 13.1. The molecule has 1 rings (SSSR count). The van der Waals surface area contributed by atoms with E-state index in [0.29, 0.717) is 12.1 Å². The van der Waals surface area contributed by atoms with Crippen LogP contribution in [0.5, 0.6) is 0 Å². The molecule has 18 heavy (non-hydrogen) atoms. The van der Waals surface area contributed by atoms with Crippen LogP contribution in [0.3, 0.4) is 0 Å². The minimum Gasteiger partial charge on any atom is -0.314 e. The van der Waals surface area contributed by atoms with Gasteiger partial charge in [0.25, 0.3) is 0 Å². The second kappa shape index (κ2) is 8.13. The SMILES string of the molecule is CCNC(CC1CN(C)CCN1C)C(CC)CC. The first-order chi connectivity index (χ1) is 8.62. The lowest BCUT2D eigenvalue weighted by Gasteiger charge is -2.40. The second-order valence-electron chi connectivity index (χ2n) is 5.87. The third kappa shape index (κ3) is 4.52. The standard InChI is InChI=1S/C15H33N3/c1-6-13(7-2)15(16-8-3)11-14-12-17(4)9-10-18(14)5/h13-16H,6-12H2,1-5H3. The molecule has 2 atom stereocenters. The summed E-state index contributed by atoms with van der Waals surface area (Å²) >= 11 is 0. The molecular formula is C15H33N3. The topological polar surface area (TPSA) is 18.5 Å². The Balaban J connectivity index is 2.57. The number of nitrogens with zero attached hydrogens (tertiary/aromatic N) is 2. The van der Waals surface area contributed by atoms with Crippen LogP contribution in [0, 0.1) is 5.92 Å². The van der Waals surface area contributed by atoms with Crippen LogP contribution in [0.25, 0.3) is 0 Å². The lowest BCUT2D eigenvalue weighted by molar-refractivity contribution is 0.0937. The largest absolute Gasteiger partial charge is 0.314 e. The molecule has 0 amide bonds. The van der Waals surface area contributed by atoms with Crippen molar-refractivity contribution in [3.63, 3.8) is 0 Å². The summed E-state index contributed by atoms with van der Waals surface area (Å²) in [6.45, 7) is 11.6. The summed E-state index contributed by atoms with van der Waals surface area (Å²) in [5.41, 5.74) is 0. The highest BCUT2D eigenvalue weighted by molar-refractivity contribution is 4.85. The smallest absolute Gasteiger partial charge is 0.0235 e. The van der Waals surface area contributed by atoms with Gasteiger partial charge in [-0.3, -0.25) is 0 Å². The lowest BCUT2D eigenvalue weighted by Crippen LogP contribution is -2.53. The molecule has 1 saturated heterocycles. The van der Waals surface area contributed by atoms with Crippen molar-refractivity contribution in [2.45, 2.75) is 52.1 Å². The molecule has 0 bridgehead atoms. The molecule has 0 saturated carbocycles. The van der Waals surface area contributed by atoms with Gasteiger partial charge in [-0.05, 0) is 33.0 Å². The van der Waals surface area contributed by atoms with Crippen molar-refractivity contribution in [2.24, 2.45) is 5.92 Å². The summed E-state index contributed by atoms with van der Waals surface area (Å²) < 4.78 is 0. The van der Waals surface area contributed by atoms with Crippen LogP contribution in [0.15, 0.2) is 0 Å². The first-order valence-corrected chi connectivity index (χ1v) is 7.74. The Bertz CT molecular complexity index is 216. The van der Waals surface area contributed by atoms with Gasteiger partial charge in [0.2, 0.25) is 0 Å². The normalized spacial score (nSPS) is 24.7. The summed E-state index contributed by atoms with van der Waals surface area (Å²) in [7, 11) is 4.53. The Morgan fingerprint density at radius 3 is 2.33 bits per heavy atom. The fraction of sp³-hybridized carbons (Fsp3) is 1.00. The number of rotatable bonds is 7. The van der Waals surface area contributed by atoms with Gasteiger partial charge in [0.1, 0.15) is 0 Å². The summed E-state index contributed by atoms with van der Waals surface area (Å²) in [5.74, 6) is 0.825. The predicted molar refractivity (Wildman–Crippen MR) is 80.1 cm³/mol. The first kappa shape index (κ1) is 15.9. The van der Waals surface area contributed by atoms with Crippen molar-refractivity contribution >= 4 is 0 Å². The van der Waals surface area contributed by atoms with Gasteiger partial charge in [-0.15, -0.1) is 0 Å². The molecule has 0 aliphatic carbocycles. The number of hydrogen-bond acceptors (Lipinski definition) is 3. The Kier molecular flexibility index (Phi) is 7.20. The Labute approximate surface area is 114 Å². The monoisotopic (exact) mass is 255 g/mol. The quantitative estimate of drug-likeness (QED) is 0.751. The van der Waals surface area contributed by atoms with Gasteiger partial charge in [0.05, 0.1) is 0 Å². The van der Waals surface area contributed by atoms with Crippen LogP contribution in [0.1, 0.15) is 40.0 Å². The van der Waals surface area contributed by atoms with E-state index < -0.39 is 0 Å². The molecule has 1 fully saturated rings. The third-order valence-corrected chi connectivity index (χ3v) is 4.59. The van der Waals surface area contributed by atoms with Gasteiger partial charge in [0, 0.05) is 31.7 Å². The molecule has 1 heterocycles. The van der Waals surface area contributed by atoms with Crippen LogP contribution in [0.4, 0.5) is 0 Å². The van der Waals surface area contributed by atoms with Crippen molar-refractivity contribution in [3.05, 3.63) is 0 Å². The summed E-state index contributed by atoms with van der Waals surface area (Å²) in [6.07, 6.45) is 3.88. The highest BCUT2D eigenvalue weighted by Crippen LogP contribution is 2.20. The zero-order valence-electron chi connectivity index (χ0n) is 13.1. The van der Waals surface area contributed by atoms with Crippen LogP contribution in [-0.2, 0) is 0 Å². The molecular weight excluding hydrogens is 222 g/mol. The summed E-state index contributed by atoms with van der Waals surface area (Å²) in [4.78, 5) is 5.02. The van der Waals surface area contributed by atoms with Gasteiger partial charge in [-0.1, -0.05) is 33.6 Å². The van der Waals surface area contributed by atoms with Gasteiger partial charge in [-0.2, -0.15) is 0 Å². The maximum atomic E-state index is 3.72. The molecule has 3 heteroatoms. The van der Waals surface area contributed by atoms with Crippen LogP contribution < -0.4 is 5.32 Å². The highest BCUT2D eigenvalue weighted by atomic mass is 15.3. The van der Waals surface area contributed by atoms with Gasteiger partial charge in [-0.25, -0.2) is 0 Å². The zero-order chi connectivity index (χ0) is 13.5. The molecule has 0 aromatic heterocycles. The molecule has 108 valence electrons. The van der Waals surface area contributed by atoms with E-state index in [4.69, 9.17) is 0 Å². The van der Waals surface area contributed by atoms with E-state index in [-0.39, 0.29) is 0 Å². The van der Waals surface area contributed by atoms with E-state index in [2.05, 4.69) is 50.0 Å². The predicted octanol–water partition coefficient (Wildman–Crippen LogP) is 2.04. The Morgan fingerprint density at radius 1 is 1.11 bits per heavy atom. The van der Waals surface area contributed by atoms with E-state index in [1.54, 1.807) is 0 Å². The van der Waals surface area contributed by atoms with E-state index >= 15 is 0 Å². The van der Waals surface area contributed by atoms with Crippen LogP contribution in [-0.4, -0.2) is 62.2 Å². The second-order valence-corrected chi connectivity index (χ2v) is 5.87. The average molecular weight is 255 g/mol. The maximum absolute atomic E-state index is 3.72. The molecule has 3 nitrogen and oxygen atoms in total. The fourth-order valence-electron chi connectivity index (χ4n) is 3.21. The Morgan fingerprint density at radius 2 is 1.78 bits per heavy atom. The molecule has 0 aromatic rings. The number of hydrogen-bond donors (Lipinski definition) is 1. The molecule has 0 spiro atoms. The lowest BCUT2D eigenvalue weighted by atomic mass is 9.88. The van der Waals surface area contributed by atoms with Crippen LogP contribution >= 0.6 is 0 Å².